The van der Waals surface area contributed by atoms with Crippen LogP contribution in [0.25, 0.3) is 6.08 Å². The molecule has 6 nitrogen and oxygen atoms in total. The number of carbonyl (C=O) groups excluding carboxylic acids is 2. The molecule has 0 saturated heterocycles. The van der Waals surface area contributed by atoms with Crippen molar-refractivity contribution in [3.8, 4) is 6.07 Å². The Balaban J connectivity index is 1.87. The molecule has 0 fully saturated rings. The number of halogens is 1. The highest BCUT2D eigenvalue weighted by atomic mass is 35.5. The van der Waals surface area contributed by atoms with E-state index in [9.17, 15) is 9.59 Å². The molecule has 0 unspecified atom stereocenters. The summed E-state index contributed by atoms with van der Waals surface area (Å²) in [6.07, 6.45) is 2.66. The summed E-state index contributed by atoms with van der Waals surface area (Å²) in [5.74, 6) is -1.03. The standard InChI is InChI=1S/C18H15ClN2O4/c1-12(13-4-6-15(19)7-5-13)21-17(22)11-25-18(23)14(10-20)9-16-3-2-8-24-16/h2-9,12H,11H2,1H3,(H,21,22)/b14-9+/t12-/m0/s1. The van der Waals surface area contributed by atoms with Gasteiger partial charge in [-0.2, -0.15) is 5.26 Å². The Bertz CT molecular complexity index is 805. The minimum Gasteiger partial charge on any atom is -0.465 e. The first-order chi connectivity index (χ1) is 12.0. The number of ether oxygens (including phenoxy) is 1. The highest BCUT2D eigenvalue weighted by Gasteiger charge is 2.15. The number of hydrogen-bond acceptors (Lipinski definition) is 5. The van der Waals surface area contributed by atoms with Gasteiger partial charge in [-0.3, -0.25) is 4.79 Å². The summed E-state index contributed by atoms with van der Waals surface area (Å²) < 4.78 is 9.88. The zero-order chi connectivity index (χ0) is 18.2. The fraction of sp³-hybridized carbons (Fsp3) is 0.167. The van der Waals surface area contributed by atoms with Crippen LogP contribution in [0.5, 0.6) is 0 Å². The van der Waals surface area contributed by atoms with E-state index >= 15 is 0 Å². The van der Waals surface area contributed by atoms with E-state index in [1.165, 1.54) is 12.3 Å². The van der Waals surface area contributed by atoms with Gasteiger partial charge in [-0.1, -0.05) is 23.7 Å². The Morgan fingerprint density at radius 1 is 1.36 bits per heavy atom. The van der Waals surface area contributed by atoms with E-state index < -0.39 is 18.5 Å². The van der Waals surface area contributed by atoms with Crippen molar-refractivity contribution in [1.29, 1.82) is 5.26 Å². The molecule has 1 N–H and O–H groups in total. The Morgan fingerprint density at radius 2 is 2.08 bits per heavy atom. The number of furan rings is 1. The molecule has 1 amide bonds. The molecule has 0 radical (unpaired) electrons. The van der Waals surface area contributed by atoms with Gasteiger partial charge in [0.15, 0.2) is 6.61 Å². The molecule has 0 saturated carbocycles. The molecular formula is C18H15ClN2O4. The summed E-state index contributed by atoms with van der Waals surface area (Å²) in [6.45, 7) is 1.30. The van der Waals surface area contributed by atoms with Gasteiger partial charge >= 0.3 is 5.97 Å². The zero-order valence-corrected chi connectivity index (χ0v) is 14.1. The van der Waals surface area contributed by atoms with E-state index in [0.717, 1.165) is 5.56 Å². The van der Waals surface area contributed by atoms with Crippen LogP contribution in [0.2, 0.25) is 5.02 Å². The van der Waals surface area contributed by atoms with Gasteiger partial charge in [0, 0.05) is 11.1 Å². The van der Waals surface area contributed by atoms with E-state index in [-0.39, 0.29) is 11.6 Å². The third-order valence-electron chi connectivity index (χ3n) is 3.25. The summed E-state index contributed by atoms with van der Waals surface area (Å²) in [7, 11) is 0. The topological polar surface area (TPSA) is 92.3 Å². The Morgan fingerprint density at radius 3 is 2.68 bits per heavy atom. The summed E-state index contributed by atoms with van der Waals surface area (Å²) in [4.78, 5) is 23.7. The van der Waals surface area contributed by atoms with Crippen molar-refractivity contribution in [1.82, 2.24) is 5.32 Å². The van der Waals surface area contributed by atoms with Gasteiger partial charge in [-0.25, -0.2) is 4.79 Å². The first-order valence-corrected chi connectivity index (χ1v) is 7.74. The van der Waals surface area contributed by atoms with Gasteiger partial charge in [-0.05, 0) is 36.8 Å². The maximum atomic E-state index is 11.9. The van der Waals surface area contributed by atoms with Crippen LogP contribution in [0.4, 0.5) is 0 Å². The smallest absolute Gasteiger partial charge is 0.349 e. The predicted molar refractivity (Wildman–Crippen MR) is 91.3 cm³/mol. The molecular weight excluding hydrogens is 344 g/mol. The second kappa shape index (κ2) is 8.71. The molecule has 0 aliphatic carbocycles. The fourth-order valence-electron chi connectivity index (χ4n) is 1.98. The van der Waals surface area contributed by atoms with Crippen molar-refractivity contribution in [3.05, 3.63) is 64.6 Å². The highest BCUT2D eigenvalue weighted by Crippen LogP contribution is 2.16. The molecule has 0 aliphatic heterocycles. The maximum absolute atomic E-state index is 11.9. The van der Waals surface area contributed by atoms with E-state index in [4.69, 9.17) is 26.0 Å². The lowest BCUT2D eigenvalue weighted by Gasteiger charge is -2.14. The fourth-order valence-corrected chi connectivity index (χ4v) is 2.11. The minimum atomic E-state index is -0.895. The maximum Gasteiger partial charge on any atom is 0.349 e. The largest absolute Gasteiger partial charge is 0.465 e. The van der Waals surface area contributed by atoms with Crippen molar-refractivity contribution < 1.29 is 18.7 Å². The van der Waals surface area contributed by atoms with Gasteiger partial charge in [-0.15, -0.1) is 0 Å². The number of amides is 1. The molecule has 7 heteroatoms. The van der Waals surface area contributed by atoms with E-state index in [0.29, 0.717) is 10.8 Å². The van der Waals surface area contributed by atoms with Crippen molar-refractivity contribution >= 4 is 29.6 Å². The first kappa shape index (κ1) is 18.3. The molecule has 0 aliphatic rings. The van der Waals surface area contributed by atoms with E-state index in [2.05, 4.69) is 5.32 Å². The van der Waals surface area contributed by atoms with Crippen LogP contribution in [0, 0.1) is 11.3 Å². The molecule has 1 atom stereocenters. The zero-order valence-electron chi connectivity index (χ0n) is 13.4. The lowest BCUT2D eigenvalue weighted by molar-refractivity contribution is -0.144. The van der Waals surface area contributed by atoms with Crippen LogP contribution in [-0.4, -0.2) is 18.5 Å². The minimum absolute atomic E-state index is 0.256. The third-order valence-corrected chi connectivity index (χ3v) is 3.50. The van der Waals surface area contributed by atoms with Crippen molar-refractivity contribution in [2.45, 2.75) is 13.0 Å². The van der Waals surface area contributed by atoms with Crippen LogP contribution in [0.3, 0.4) is 0 Å². The van der Waals surface area contributed by atoms with Crippen molar-refractivity contribution in [2.24, 2.45) is 0 Å². The Labute approximate surface area is 149 Å². The second-order valence-electron chi connectivity index (χ2n) is 5.10. The average Bonchev–Trinajstić information content (AvgIpc) is 3.11. The normalized spacial score (nSPS) is 12.1. The van der Waals surface area contributed by atoms with Crippen molar-refractivity contribution in [2.75, 3.05) is 6.61 Å². The van der Waals surface area contributed by atoms with Gasteiger partial charge in [0.1, 0.15) is 17.4 Å². The van der Waals surface area contributed by atoms with Crippen LogP contribution in [0.15, 0.2) is 52.7 Å². The van der Waals surface area contributed by atoms with Crippen LogP contribution < -0.4 is 5.32 Å². The molecule has 25 heavy (non-hydrogen) atoms. The lowest BCUT2D eigenvalue weighted by atomic mass is 10.1. The van der Waals surface area contributed by atoms with E-state index in [1.54, 1.807) is 49.4 Å². The number of benzene rings is 1. The quantitative estimate of drug-likeness (QED) is 0.486. The average molecular weight is 359 g/mol. The van der Waals surface area contributed by atoms with Crippen LogP contribution >= 0.6 is 11.6 Å². The summed E-state index contributed by atoms with van der Waals surface area (Å²) in [6, 6.07) is 11.7. The Hall–Kier alpha value is -3.04. The van der Waals surface area contributed by atoms with Gasteiger partial charge in [0.25, 0.3) is 5.91 Å². The summed E-state index contributed by atoms with van der Waals surface area (Å²) in [5, 5.41) is 12.3. The predicted octanol–water partition coefficient (Wildman–Crippen LogP) is 3.26. The number of hydrogen-bond donors (Lipinski definition) is 1. The van der Waals surface area contributed by atoms with Gasteiger partial charge < -0.3 is 14.5 Å². The number of esters is 1. The molecule has 0 spiro atoms. The number of carbonyl (C=O) groups is 2. The van der Waals surface area contributed by atoms with Crippen LogP contribution in [0.1, 0.15) is 24.3 Å². The second-order valence-corrected chi connectivity index (χ2v) is 5.54. The number of nitrogens with one attached hydrogen (secondary N) is 1. The number of rotatable bonds is 6. The SMILES string of the molecule is C[C@H](NC(=O)COC(=O)/C(C#N)=C/c1ccco1)c1ccc(Cl)cc1. The first-order valence-electron chi connectivity index (χ1n) is 7.37. The molecule has 1 heterocycles. The molecule has 1 aromatic carbocycles. The molecule has 128 valence electrons. The molecule has 2 rings (SSSR count). The molecule has 2 aromatic rings. The van der Waals surface area contributed by atoms with Crippen LogP contribution in [-0.2, 0) is 14.3 Å². The van der Waals surface area contributed by atoms with Gasteiger partial charge in [0.2, 0.25) is 0 Å². The summed E-state index contributed by atoms with van der Waals surface area (Å²) >= 11 is 5.82. The van der Waals surface area contributed by atoms with Gasteiger partial charge in [0.05, 0.1) is 12.3 Å². The number of nitrogens with zero attached hydrogens (tertiary/aromatic N) is 1. The highest BCUT2D eigenvalue weighted by molar-refractivity contribution is 6.30. The third kappa shape index (κ3) is 5.52. The lowest BCUT2D eigenvalue weighted by Crippen LogP contribution is -2.31. The summed E-state index contributed by atoms with van der Waals surface area (Å²) in [5.41, 5.74) is 0.605. The monoisotopic (exact) mass is 358 g/mol. The van der Waals surface area contributed by atoms with E-state index in [1.807, 2.05) is 0 Å². The molecule has 1 aromatic heterocycles. The Kier molecular flexibility index (Phi) is 6.38. The van der Waals surface area contributed by atoms with Crippen molar-refractivity contribution in [3.63, 3.8) is 0 Å². The number of nitriles is 1. The molecule has 0 bridgehead atoms.